The number of pyridine rings is 1. The zero-order chi connectivity index (χ0) is 11.4. The normalized spacial score (nSPS) is 12.4. The first-order valence-corrected chi connectivity index (χ1v) is 6.34. The van der Waals surface area contributed by atoms with Crippen molar-refractivity contribution in [2.24, 2.45) is 0 Å². The zero-order valence-corrected chi connectivity index (χ0v) is 10.4. The van der Waals surface area contributed by atoms with Gasteiger partial charge in [0.15, 0.2) is 0 Å². The van der Waals surface area contributed by atoms with Crippen molar-refractivity contribution in [2.45, 2.75) is 19.4 Å². The van der Waals surface area contributed by atoms with Crippen molar-refractivity contribution in [3.63, 3.8) is 0 Å². The fourth-order valence-electron chi connectivity index (χ4n) is 1.41. The summed E-state index contributed by atoms with van der Waals surface area (Å²) >= 11 is 7.48. The molecule has 0 saturated heterocycles. The van der Waals surface area contributed by atoms with Crippen LogP contribution in [0, 0.1) is 0 Å². The minimum atomic E-state index is 0.200. The quantitative estimate of drug-likeness (QED) is 0.844. The highest BCUT2D eigenvalue weighted by Gasteiger charge is 2.11. The Bertz CT molecular complexity index is 444. The molecule has 0 bridgehead atoms. The van der Waals surface area contributed by atoms with E-state index in [-0.39, 0.29) is 6.04 Å². The Kier molecular flexibility index (Phi) is 3.74. The molecule has 0 fully saturated rings. The van der Waals surface area contributed by atoms with Gasteiger partial charge >= 0.3 is 0 Å². The Morgan fingerprint density at radius 3 is 3.00 bits per heavy atom. The average Bonchev–Trinajstić information content (AvgIpc) is 2.79. The largest absolute Gasteiger partial charge is 0.361 e. The van der Waals surface area contributed by atoms with Crippen LogP contribution >= 0.6 is 22.9 Å². The number of anilines is 1. The van der Waals surface area contributed by atoms with Crippen molar-refractivity contribution < 1.29 is 0 Å². The van der Waals surface area contributed by atoms with Crippen molar-refractivity contribution in [3.05, 3.63) is 39.9 Å². The molecular formula is C11H12ClN3S. The predicted octanol–water partition coefficient (Wildman–Crippen LogP) is 3.75. The molecule has 2 aromatic rings. The highest BCUT2D eigenvalue weighted by molar-refractivity contribution is 7.09. The number of nitrogens with one attached hydrogen (secondary N) is 1. The van der Waals surface area contributed by atoms with Gasteiger partial charge in [-0.25, -0.2) is 9.97 Å². The Labute approximate surface area is 104 Å². The van der Waals surface area contributed by atoms with Gasteiger partial charge in [0.05, 0.1) is 6.04 Å². The van der Waals surface area contributed by atoms with Crippen LogP contribution in [0.25, 0.3) is 0 Å². The molecule has 1 unspecified atom stereocenters. The average molecular weight is 254 g/mol. The summed E-state index contributed by atoms with van der Waals surface area (Å²) in [6.07, 6.45) is 2.78. The van der Waals surface area contributed by atoms with Gasteiger partial charge in [0, 0.05) is 11.6 Å². The molecule has 16 heavy (non-hydrogen) atoms. The molecule has 2 rings (SSSR count). The first kappa shape index (κ1) is 11.4. The van der Waals surface area contributed by atoms with E-state index in [9.17, 15) is 0 Å². The van der Waals surface area contributed by atoms with Crippen molar-refractivity contribution in [1.29, 1.82) is 0 Å². The molecule has 0 spiro atoms. The molecule has 0 aliphatic carbocycles. The summed E-state index contributed by atoms with van der Waals surface area (Å²) in [6, 6.07) is 5.75. The molecular weight excluding hydrogens is 242 g/mol. The van der Waals surface area contributed by atoms with Gasteiger partial charge < -0.3 is 5.32 Å². The molecule has 0 amide bonds. The van der Waals surface area contributed by atoms with Crippen LogP contribution in [0.4, 0.5) is 5.82 Å². The third-order valence-electron chi connectivity index (χ3n) is 2.19. The fraction of sp³-hybridized carbons (Fsp3) is 0.273. The summed E-state index contributed by atoms with van der Waals surface area (Å²) in [4.78, 5) is 8.50. The summed E-state index contributed by atoms with van der Waals surface area (Å²) in [5, 5.41) is 6.87. The van der Waals surface area contributed by atoms with Gasteiger partial charge in [-0.2, -0.15) is 0 Å². The standard InChI is InChI=1S/C11H12ClN3S/c1-2-8(11-13-6-7-16-11)14-10-5-3-4-9(12)15-10/h3-8H,2H2,1H3,(H,14,15). The molecule has 3 nitrogen and oxygen atoms in total. The van der Waals surface area contributed by atoms with E-state index in [2.05, 4.69) is 22.2 Å². The van der Waals surface area contributed by atoms with Crippen molar-refractivity contribution in [2.75, 3.05) is 5.32 Å². The lowest BCUT2D eigenvalue weighted by Crippen LogP contribution is -2.10. The molecule has 0 radical (unpaired) electrons. The van der Waals surface area contributed by atoms with Gasteiger partial charge in [0.1, 0.15) is 16.0 Å². The van der Waals surface area contributed by atoms with Crippen molar-refractivity contribution >= 4 is 28.8 Å². The van der Waals surface area contributed by atoms with Crippen molar-refractivity contribution in [3.8, 4) is 0 Å². The number of aromatic nitrogens is 2. The summed E-state index contributed by atoms with van der Waals surface area (Å²) in [5.74, 6) is 0.787. The second-order valence-corrected chi connectivity index (χ2v) is 4.63. The SMILES string of the molecule is CCC(Nc1cccc(Cl)n1)c1nccs1. The van der Waals surface area contributed by atoms with E-state index >= 15 is 0 Å². The van der Waals surface area contributed by atoms with Gasteiger partial charge in [-0.05, 0) is 18.6 Å². The summed E-state index contributed by atoms with van der Waals surface area (Å²) in [7, 11) is 0. The number of hydrogen-bond acceptors (Lipinski definition) is 4. The van der Waals surface area contributed by atoms with Crippen LogP contribution in [-0.4, -0.2) is 9.97 Å². The number of rotatable bonds is 4. The Hall–Kier alpha value is -1.13. The first-order valence-electron chi connectivity index (χ1n) is 5.08. The lowest BCUT2D eigenvalue weighted by Gasteiger charge is -2.14. The summed E-state index contributed by atoms with van der Waals surface area (Å²) in [5.41, 5.74) is 0. The van der Waals surface area contributed by atoms with Crippen LogP contribution < -0.4 is 5.32 Å². The Balaban J connectivity index is 2.13. The lowest BCUT2D eigenvalue weighted by atomic mass is 10.2. The third kappa shape index (κ3) is 2.71. The molecule has 84 valence electrons. The van der Waals surface area contributed by atoms with E-state index < -0.39 is 0 Å². The Morgan fingerprint density at radius 1 is 1.50 bits per heavy atom. The third-order valence-corrected chi connectivity index (χ3v) is 3.29. The second-order valence-electron chi connectivity index (χ2n) is 3.32. The van der Waals surface area contributed by atoms with Gasteiger partial charge in [-0.15, -0.1) is 11.3 Å². The molecule has 5 heteroatoms. The van der Waals surface area contributed by atoms with Crippen molar-refractivity contribution in [1.82, 2.24) is 9.97 Å². The molecule has 1 atom stereocenters. The van der Waals surface area contributed by atoms with Crippen LogP contribution in [0.5, 0.6) is 0 Å². The molecule has 2 aromatic heterocycles. The number of nitrogens with zero attached hydrogens (tertiary/aromatic N) is 2. The van der Waals surface area contributed by atoms with Crippen LogP contribution in [-0.2, 0) is 0 Å². The molecule has 2 heterocycles. The second kappa shape index (κ2) is 5.27. The van der Waals surface area contributed by atoms with Crippen LogP contribution in [0.3, 0.4) is 0 Å². The van der Waals surface area contributed by atoms with Crippen LogP contribution in [0.2, 0.25) is 5.15 Å². The van der Waals surface area contributed by atoms with Gasteiger partial charge in [0.25, 0.3) is 0 Å². The van der Waals surface area contributed by atoms with Gasteiger partial charge in [-0.3, -0.25) is 0 Å². The smallest absolute Gasteiger partial charge is 0.131 e. The molecule has 0 aliphatic rings. The monoisotopic (exact) mass is 253 g/mol. The van der Waals surface area contributed by atoms with Gasteiger partial charge in [-0.1, -0.05) is 24.6 Å². The maximum atomic E-state index is 5.83. The van der Waals surface area contributed by atoms with E-state index in [0.717, 1.165) is 17.2 Å². The molecule has 1 N–H and O–H groups in total. The topological polar surface area (TPSA) is 37.8 Å². The van der Waals surface area contributed by atoms with Crippen LogP contribution in [0.15, 0.2) is 29.8 Å². The van der Waals surface area contributed by atoms with E-state index in [0.29, 0.717) is 5.15 Å². The van der Waals surface area contributed by atoms with E-state index in [1.165, 1.54) is 0 Å². The van der Waals surface area contributed by atoms with Gasteiger partial charge in [0.2, 0.25) is 0 Å². The predicted molar refractivity (Wildman–Crippen MR) is 68.0 cm³/mol. The Morgan fingerprint density at radius 2 is 2.38 bits per heavy atom. The van der Waals surface area contributed by atoms with Crippen LogP contribution in [0.1, 0.15) is 24.4 Å². The summed E-state index contributed by atoms with van der Waals surface area (Å²) in [6.45, 7) is 2.11. The number of halogens is 1. The highest BCUT2D eigenvalue weighted by Crippen LogP contribution is 2.23. The minimum Gasteiger partial charge on any atom is -0.361 e. The maximum absolute atomic E-state index is 5.83. The molecule has 0 aliphatic heterocycles. The van der Waals surface area contributed by atoms with E-state index in [1.807, 2.05) is 23.7 Å². The first-order chi connectivity index (χ1) is 7.79. The van der Waals surface area contributed by atoms with E-state index in [4.69, 9.17) is 11.6 Å². The summed E-state index contributed by atoms with van der Waals surface area (Å²) < 4.78 is 0. The minimum absolute atomic E-state index is 0.200. The zero-order valence-electron chi connectivity index (χ0n) is 8.85. The number of hydrogen-bond donors (Lipinski definition) is 1. The fourth-order valence-corrected chi connectivity index (χ4v) is 2.35. The number of thiazole rings is 1. The maximum Gasteiger partial charge on any atom is 0.131 e. The lowest BCUT2D eigenvalue weighted by molar-refractivity contribution is 0.737. The highest BCUT2D eigenvalue weighted by atomic mass is 35.5. The van der Waals surface area contributed by atoms with E-state index in [1.54, 1.807) is 17.4 Å². The molecule has 0 aromatic carbocycles. The molecule has 0 saturated carbocycles.